The quantitative estimate of drug-likeness (QED) is 0.888. The van der Waals surface area contributed by atoms with Crippen molar-refractivity contribution in [2.24, 2.45) is 0 Å². The molecule has 1 amide bonds. The number of hydrogen-bond acceptors (Lipinski definition) is 2. The number of carbonyl (C=O) groups excluding carboxylic acids is 1. The topological polar surface area (TPSA) is 38.3 Å². The zero-order valence-corrected chi connectivity index (χ0v) is 13.3. The molecule has 2 rings (SSSR count). The Morgan fingerprint density at radius 3 is 2.64 bits per heavy atom. The lowest BCUT2D eigenvalue weighted by Gasteiger charge is -2.08. The molecule has 0 bridgehead atoms. The van der Waals surface area contributed by atoms with Crippen LogP contribution in [0.15, 0.2) is 36.4 Å². The Morgan fingerprint density at radius 2 is 2.00 bits per heavy atom. The zero-order chi connectivity index (χ0) is 16.1. The molecule has 0 radical (unpaired) electrons. The van der Waals surface area contributed by atoms with Crippen molar-refractivity contribution >= 4 is 29.1 Å². The number of nitrogens with one attached hydrogen (secondary N) is 1. The number of carbonyl (C=O) groups is 1. The molecule has 22 heavy (non-hydrogen) atoms. The van der Waals surface area contributed by atoms with E-state index in [2.05, 4.69) is 5.32 Å². The molecular weight excluding hydrogens is 328 g/mol. The third-order valence-corrected chi connectivity index (χ3v) is 3.70. The molecule has 1 N–H and O–H groups in total. The van der Waals surface area contributed by atoms with E-state index in [0.29, 0.717) is 23.0 Å². The van der Waals surface area contributed by atoms with E-state index >= 15 is 0 Å². The maximum absolute atomic E-state index is 13.6. The number of hydrogen-bond donors (Lipinski definition) is 1. The van der Waals surface area contributed by atoms with Gasteiger partial charge in [-0.2, -0.15) is 0 Å². The SMILES string of the molecule is COc1ccc(C(=O)NCCc2ccc(Cl)cc2Cl)cc1F. The highest BCUT2D eigenvalue weighted by molar-refractivity contribution is 6.35. The van der Waals surface area contributed by atoms with Crippen LogP contribution in [0.1, 0.15) is 15.9 Å². The Balaban J connectivity index is 1.94. The van der Waals surface area contributed by atoms with Crippen molar-refractivity contribution in [2.75, 3.05) is 13.7 Å². The van der Waals surface area contributed by atoms with Crippen LogP contribution in [0, 0.1) is 5.82 Å². The lowest BCUT2D eigenvalue weighted by Crippen LogP contribution is -2.25. The van der Waals surface area contributed by atoms with Gasteiger partial charge in [0, 0.05) is 22.2 Å². The number of amides is 1. The first-order valence-corrected chi connectivity index (χ1v) is 7.32. The van der Waals surface area contributed by atoms with Crippen molar-refractivity contribution in [3.63, 3.8) is 0 Å². The summed E-state index contributed by atoms with van der Waals surface area (Å²) >= 11 is 11.9. The molecule has 0 atom stereocenters. The highest BCUT2D eigenvalue weighted by Crippen LogP contribution is 2.21. The van der Waals surface area contributed by atoms with Crippen molar-refractivity contribution in [3.05, 3.63) is 63.4 Å². The molecule has 0 fully saturated rings. The van der Waals surface area contributed by atoms with E-state index in [9.17, 15) is 9.18 Å². The normalized spacial score (nSPS) is 10.4. The average molecular weight is 342 g/mol. The van der Waals surface area contributed by atoms with Crippen molar-refractivity contribution < 1.29 is 13.9 Å². The Hall–Kier alpha value is -1.78. The lowest BCUT2D eigenvalue weighted by molar-refractivity contribution is 0.0953. The van der Waals surface area contributed by atoms with Crippen molar-refractivity contribution in [2.45, 2.75) is 6.42 Å². The van der Waals surface area contributed by atoms with Gasteiger partial charge in [0.05, 0.1) is 7.11 Å². The molecule has 0 aromatic heterocycles. The fourth-order valence-corrected chi connectivity index (χ4v) is 2.45. The average Bonchev–Trinajstić information content (AvgIpc) is 2.49. The Labute approximate surface area is 138 Å². The molecule has 0 heterocycles. The van der Waals surface area contributed by atoms with Crippen LogP contribution >= 0.6 is 23.2 Å². The molecule has 2 aromatic carbocycles. The van der Waals surface area contributed by atoms with E-state index in [-0.39, 0.29) is 17.2 Å². The second-order valence-electron chi connectivity index (χ2n) is 4.59. The second kappa shape index (κ2) is 7.47. The Morgan fingerprint density at radius 1 is 1.23 bits per heavy atom. The predicted octanol–water partition coefficient (Wildman–Crippen LogP) is 4.11. The molecule has 0 saturated heterocycles. The standard InChI is InChI=1S/C16H14Cl2FNO2/c1-22-15-5-3-11(8-14(15)19)16(21)20-7-6-10-2-4-12(17)9-13(10)18/h2-5,8-9H,6-7H2,1H3,(H,20,21). The zero-order valence-electron chi connectivity index (χ0n) is 11.8. The first-order valence-electron chi connectivity index (χ1n) is 6.57. The minimum atomic E-state index is -0.573. The van der Waals surface area contributed by atoms with Crippen LogP contribution in [-0.2, 0) is 6.42 Å². The summed E-state index contributed by atoms with van der Waals surface area (Å²) in [5.41, 5.74) is 1.12. The van der Waals surface area contributed by atoms with E-state index < -0.39 is 5.82 Å². The van der Waals surface area contributed by atoms with Crippen LogP contribution in [0.25, 0.3) is 0 Å². The maximum Gasteiger partial charge on any atom is 0.251 e. The molecule has 0 saturated carbocycles. The molecule has 3 nitrogen and oxygen atoms in total. The van der Waals surface area contributed by atoms with Gasteiger partial charge in [-0.15, -0.1) is 0 Å². The lowest BCUT2D eigenvalue weighted by atomic mass is 10.1. The van der Waals surface area contributed by atoms with Gasteiger partial charge in [-0.1, -0.05) is 29.3 Å². The van der Waals surface area contributed by atoms with E-state index in [1.165, 1.54) is 19.2 Å². The maximum atomic E-state index is 13.6. The molecule has 2 aromatic rings. The number of benzene rings is 2. The molecule has 0 spiro atoms. The highest BCUT2D eigenvalue weighted by Gasteiger charge is 2.10. The van der Waals surface area contributed by atoms with Crippen LogP contribution in [-0.4, -0.2) is 19.6 Å². The number of halogens is 3. The van der Waals surface area contributed by atoms with Gasteiger partial charge in [0.15, 0.2) is 11.6 Å². The summed E-state index contributed by atoms with van der Waals surface area (Å²) in [6.45, 7) is 0.383. The fraction of sp³-hybridized carbons (Fsp3) is 0.188. The van der Waals surface area contributed by atoms with E-state index in [0.717, 1.165) is 11.6 Å². The summed E-state index contributed by atoms with van der Waals surface area (Å²) < 4.78 is 18.4. The summed E-state index contributed by atoms with van der Waals surface area (Å²) in [7, 11) is 1.37. The largest absolute Gasteiger partial charge is 0.494 e. The third kappa shape index (κ3) is 4.12. The van der Waals surface area contributed by atoms with Gasteiger partial charge < -0.3 is 10.1 Å². The molecule has 0 aliphatic carbocycles. The van der Waals surface area contributed by atoms with Gasteiger partial charge in [-0.25, -0.2) is 4.39 Å². The van der Waals surface area contributed by atoms with E-state index in [4.69, 9.17) is 27.9 Å². The van der Waals surface area contributed by atoms with Crippen LogP contribution in [0.4, 0.5) is 4.39 Å². The Bertz CT molecular complexity index is 692. The Kier molecular flexibility index (Phi) is 5.63. The van der Waals surface area contributed by atoms with Gasteiger partial charge >= 0.3 is 0 Å². The van der Waals surface area contributed by atoms with E-state index in [1.54, 1.807) is 12.1 Å². The monoisotopic (exact) mass is 341 g/mol. The molecule has 0 aliphatic rings. The second-order valence-corrected chi connectivity index (χ2v) is 5.43. The van der Waals surface area contributed by atoms with Crippen LogP contribution in [0.3, 0.4) is 0 Å². The summed E-state index contributed by atoms with van der Waals surface area (Å²) in [5.74, 6) is -0.827. The van der Waals surface area contributed by atoms with Gasteiger partial charge in [0.25, 0.3) is 5.91 Å². The first kappa shape index (κ1) is 16.6. The third-order valence-electron chi connectivity index (χ3n) is 3.11. The molecule has 116 valence electrons. The number of ether oxygens (including phenoxy) is 1. The molecular formula is C16H14Cl2FNO2. The fourth-order valence-electron chi connectivity index (χ4n) is 1.94. The molecule has 0 unspecified atom stereocenters. The van der Waals surface area contributed by atoms with Gasteiger partial charge in [-0.3, -0.25) is 4.79 Å². The van der Waals surface area contributed by atoms with Gasteiger partial charge in [0.2, 0.25) is 0 Å². The summed E-state index contributed by atoms with van der Waals surface area (Å²) in [5, 5.41) is 3.83. The smallest absolute Gasteiger partial charge is 0.251 e. The summed E-state index contributed by atoms with van der Waals surface area (Å²) in [6, 6.07) is 9.27. The van der Waals surface area contributed by atoms with Crippen molar-refractivity contribution in [3.8, 4) is 5.75 Å². The van der Waals surface area contributed by atoms with Crippen LogP contribution in [0.5, 0.6) is 5.75 Å². The number of rotatable bonds is 5. The van der Waals surface area contributed by atoms with Crippen molar-refractivity contribution in [1.82, 2.24) is 5.32 Å². The summed E-state index contributed by atoms with van der Waals surface area (Å²) in [6.07, 6.45) is 0.556. The molecule has 0 aliphatic heterocycles. The van der Waals surface area contributed by atoms with Crippen LogP contribution in [0.2, 0.25) is 10.0 Å². The minimum Gasteiger partial charge on any atom is -0.494 e. The van der Waals surface area contributed by atoms with Gasteiger partial charge in [-0.05, 0) is 42.3 Å². The predicted molar refractivity (Wildman–Crippen MR) is 85.5 cm³/mol. The van der Waals surface area contributed by atoms with Crippen molar-refractivity contribution in [1.29, 1.82) is 0 Å². The van der Waals surface area contributed by atoms with Crippen LogP contribution < -0.4 is 10.1 Å². The first-order chi connectivity index (χ1) is 10.5. The summed E-state index contributed by atoms with van der Waals surface area (Å²) in [4.78, 5) is 12.0. The van der Waals surface area contributed by atoms with Gasteiger partial charge in [0.1, 0.15) is 0 Å². The minimum absolute atomic E-state index is 0.101. The van der Waals surface area contributed by atoms with E-state index in [1.807, 2.05) is 6.07 Å². The number of methoxy groups -OCH3 is 1. The molecule has 6 heteroatoms. The highest BCUT2D eigenvalue weighted by atomic mass is 35.5.